The number of fused-ring (bicyclic) bond motifs is 3. The van der Waals surface area contributed by atoms with E-state index in [-0.39, 0.29) is 24.2 Å². The maximum Gasteiger partial charge on any atom is 0.249 e. The van der Waals surface area contributed by atoms with Crippen molar-refractivity contribution in [2.24, 2.45) is 0 Å². The molecule has 6 rings (SSSR count). The molecule has 1 aliphatic rings. The van der Waals surface area contributed by atoms with Gasteiger partial charge in [0.1, 0.15) is 0 Å². The number of rotatable bonds is 7. The number of hydrogen-bond acceptors (Lipinski definition) is 8. The van der Waals surface area contributed by atoms with Gasteiger partial charge in [-0.15, -0.1) is 20.4 Å². The average molecular weight is 497 g/mol. The monoisotopic (exact) mass is 496 g/mol. The second-order valence-electron chi connectivity index (χ2n) is 7.69. The van der Waals surface area contributed by atoms with Gasteiger partial charge in [0, 0.05) is 6.04 Å². The van der Waals surface area contributed by atoms with Crippen LogP contribution in [0, 0.1) is 0 Å². The molecule has 1 saturated carbocycles. The first-order chi connectivity index (χ1) is 16.2. The molecule has 0 aliphatic heterocycles. The minimum Gasteiger partial charge on any atom is -0.419 e. The predicted molar refractivity (Wildman–Crippen MR) is 127 cm³/mol. The zero-order valence-corrected chi connectivity index (χ0v) is 19.6. The zero-order chi connectivity index (χ0) is 22.4. The van der Waals surface area contributed by atoms with Gasteiger partial charge in [0.15, 0.2) is 5.16 Å². The van der Waals surface area contributed by atoms with Gasteiger partial charge in [-0.1, -0.05) is 59.0 Å². The van der Waals surface area contributed by atoms with Crippen molar-refractivity contribution in [3.05, 3.63) is 59.4 Å². The van der Waals surface area contributed by atoms with Gasteiger partial charge in [-0.2, -0.15) is 0 Å². The lowest BCUT2D eigenvalue weighted by atomic mass is 10.2. The van der Waals surface area contributed by atoms with E-state index in [9.17, 15) is 4.79 Å². The molecule has 5 aromatic rings. The summed E-state index contributed by atoms with van der Waals surface area (Å²) < 4.78 is 8.97. The molecule has 3 heterocycles. The average Bonchev–Trinajstić information content (AvgIpc) is 3.26. The van der Waals surface area contributed by atoms with Crippen LogP contribution in [0.25, 0.3) is 26.6 Å². The van der Waals surface area contributed by atoms with E-state index in [1.165, 1.54) is 11.8 Å². The minimum absolute atomic E-state index is 0.0104. The molecule has 166 valence electrons. The third-order valence-corrected chi connectivity index (χ3v) is 7.68. The highest BCUT2D eigenvalue weighted by atomic mass is 35.5. The molecule has 0 atom stereocenters. The van der Waals surface area contributed by atoms with E-state index in [4.69, 9.17) is 16.0 Å². The Morgan fingerprint density at radius 3 is 2.79 bits per heavy atom. The molecule has 0 bridgehead atoms. The molecule has 0 unspecified atom stereocenters. The Balaban J connectivity index is 1.18. The van der Waals surface area contributed by atoms with Crippen molar-refractivity contribution < 1.29 is 9.21 Å². The first-order valence-electron chi connectivity index (χ1n) is 10.4. The second kappa shape index (κ2) is 8.44. The summed E-state index contributed by atoms with van der Waals surface area (Å²) in [5, 5.41) is 18.1. The number of para-hydroxylation sites is 1. The van der Waals surface area contributed by atoms with Crippen molar-refractivity contribution in [3.63, 3.8) is 0 Å². The smallest absolute Gasteiger partial charge is 0.249 e. The lowest BCUT2D eigenvalue weighted by Gasteiger charge is -2.20. The van der Waals surface area contributed by atoms with Crippen LogP contribution in [-0.4, -0.2) is 47.4 Å². The number of amides is 1. The maximum absolute atomic E-state index is 13.1. The second-order valence-corrected chi connectivity index (χ2v) is 10.1. The van der Waals surface area contributed by atoms with Gasteiger partial charge < -0.3 is 9.32 Å². The Morgan fingerprint density at radius 2 is 1.94 bits per heavy atom. The molecule has 1 amide bonds. The van der Waals surface area contributed by atoms with Gasteiger partial charge in [-0.05, 0) is 37.1 Å². The highest BCUT2D eigenvalue weighted by Crippen LogP contribution is 2.32. The fourth-order valence-corrected chi connectivity index (χ4v) is 5.74. The number of benzene rings is 2. The number of carbonyl (C=O) groups excluding carboxylic acids is 1. The Bertz CT molecular complexity index is 1470. The fourth-order valence-electron chi connectivity index (χ4n) is 3.67. The summed E-state index contributed by atoms with van der Waals surface area (Å²) in [5.41, 5.74) is 1.73. The van der Waals surface area contributed by atoms with Crippen LogP contribution >= 0.6 is 34.7 Å². The highest BCUT2D eigenvalue weighted by Gasteiger charge is 2.34. The van der Waals surface area contributed by atoms with E-state index >= 15 is 0 Å². The molecule has 2 aromatic carbocycles. The van der Waals surface area contributed by atoms with Crippen LogP contribution in [0.1, 0.15) is 18.7 Å². The fraction of sp³-hybridized carbons (Fsp3) is 0.227. The molecule has 3 aromatic heterocycles. The Hall–Kier alpha value is -2.95. The van der Waals surface area contributed by atoms with E-state index in [1.807, 2.05) is 45.7 Å². The molecule has 0 radical (unpaired) electrons. The predicted octanol–water partition coefficient (Wildman–Crippen LogP) is 4.93. The van der Waals surface area contributed by atoms with Crippen molar-refractivity contribution in [2.75, 3.05) is 5.75 Å². The van der Waals surface area contributed by atoms with Crippen LogP contribution < -0.4 is 0 Å². The standard InChI is InChI=1S/C22H17ClN6O2S2/c23-15-6-2-1-5-14(15)20-25-24-18(31-20)11-28(13-9-10-13)19(30)12-32-21-26-27-22-29(21)16-7-3-4-8-17(16)33-22/h1-8,13H,9-12H2. The number of carbonyl (C=O) groups is 1. The molecule has 0 N–H and O–H groups in total. The van der Waals surface area contributed by atoms with E-state index in [0.29, 0.717) is 27.5 Å². The molecule has 1 fully saturated rings. The normalized spacial score (nSPS) is 13.7. The molecule has 1 aliphatic carbocycles. The SMILES string of the molecule is O=C(CSc1nnc2sc3ccccc3n12)N(Cc1nnc(-c2ccccc2Cl)o1)C1CC1. The zero-order valence-electron chi connectivity index (χ0n) is 17.2. The van der Waals surface area contributed by atoms with E-state index in [0.717, 1.165) is 28.0 Å². The molecule has 0 spiro atoms. The molecule has 8 nitrogen and oxygen atoms in total. The van der Waals surface area contributed by atoms with Crippen LogP contribution in [0.4, 0.5) is 0 Å². The Kier molecular flexibility index (Phi) is 5.28. The summed E-state index contributed by atoms with van der Waals surface area (Å²) in [6.07, 6.45) is 1.96. The Labute approximate surface area is 201 Å². The number of thioether (sulfide) groups is 1. The lowest BCUT2D eigenvalue weighted by molar-refractivity contribution is -0.129. The van der Waals surface area contributed by atoms with Crippen LogP contribution in [-0.2, 0) is 11.3 Å². The summed E-state index contributed by atoms with van der Waals surface area (Å²) in [7, 11) is 0. The van der Waals surface area contributed by atoms with Crippen molar-refractivity contribution >= 4 is 55.8 Å². The third kappa shape index (κ3) is 3.98. The van der Waals surface area contributed by atoms with Crippen LogP contribution in [0.15, 0.2) is 58.1 Å². The third-order valence-electron chi connectivity index (χ3n) is 5.42. The number of nitrogens with zero attached hydrogens (tertiary/aromatic N) is 6. The maximum atomic E-state index is 13.1. The summed E-state index contributed by atoms with van der Waals surface area (Å²) in [6, 6.07) is 15.6. The minimum atomic E-state index is 0.0104. The van der Waals surface area contributed by atoms with Crippen molar-refractivity contribution in [2.45, 2.75) is 30.6 Å². The molecular weight excluding hydrogens is 480 g/mol. The largest absolute Gasteiger partial charge is 0.419 e. The van der Waals surface area contributed by atoms with E-state index in [2.05, 4.69) is 26.5 Å². The first-order valence-corrected chi connectivity index (χ1v) is 12.6. The van der Waals surface area contributed by atoms with Crippen LogP contribution in [0.2, 0.25) is 5.02 Å². The van der Waals surface area contributed by atoms with Gasteiger partial charge in [0.05, 0.1) is 33.1 Å². The number of aromatic nitrogens is 5. The Morgan fingerprint density at radius 1 is 1.12 bits per heavy atom. The highest BCUT2D eigenvalue weighted by molar-refractivity contribution is 7.99. The quantitative estimate of drug-likeness (QED) is 0.295. The van der Waals surface area contributed by atoms with Crippen LogP contribution in [0.3, 0.4) is 0 Å². The van der Waals surface area contributed by atoms with E-state index in [1.54, 1.807) is 17.4 Å². The van der Waals surface area contributed by atoms with Crippen molar-refractivity contribution in [1.29, 1.82) is 0 Å². The lowest BCUT2D eigenvalue weighted by Crippen LogP contribution is -2.34. The van der Waals surface area contributed by atoms with Gasteiger partial charge >= 0.3 is 0 Å². The van der Waals surface area contributed by atoms with Gasteiger partial charge in [-0.25, -0.2) is 0 Å². The molecule has 0 saturated heterocycles. The summed E-state index contributed by atoms with van der Waals surface area (Å²) >= 11 is 9.21. The van der Waals surface area contributed by atoms with Gasteiger partial charge in [0.2, 0.25) is 22.6 Å². The summed E-state index contributed by atoms with van der Waals surface area (Å²) in [4.78, 5) is 15.8. The van der Waals surface area contributed by atoms with Crippen molar-refractivity contribution in [1.82, 2.24) is 29.7 Å². The summed E-state index contributed by atoms with van der Waals surface area (Å²) in [6.45, 7) is 0.276. The number of hydrogen-bond donors (Lipinski definition) is 0. The van der Waals surface area contributed by atoms with Crippen LogP contribution in [0.5, 0.6) is 0 Å². The molecule has 11 heteroatoms. The summed E-state index contributed by atoms with van der Waals surface area (Å²) in [5.74, 6) is 1.01. The number of thiazole rings is 1. The van der Waals surface area contributed by atoms with E-state index < -0.39 is 0 Å². The topological polar surface area (TPSA) is 89.4 Å². The van der Waals surface area contributed by atoms with Crippen molar-refractivity contribution in [3.8, 4) is 11.5 Å². The van der Waals surface area contributed by atoms with Gasteiger partial charge in [-0.3, -0.25) is 9.20 Å². The molecular formula is C22H17ClN6O2S2. The number of halogens is 1. The van der Waals surface area contributed by atoms with Gasteiger partial charge in [0.25, 0.3) is 0 Å². The molecule has 33 heavy (non-hydrogen) atoms. The first kappa shape index (κ1) is 20.6.